The summed E-state index contributed by atoms with van der Waals surface area (Å²) in [6.45, 7) is 2.56. The van der Waals surface area contributed by atoms with Crippen molar-refractivity contribution in [1.29, 1.82) is 0 Å². The minimum Gasteiger partial charge on any atom is -0.349 e. The van der Waals surface area contributed by atoms with Crippen LogP contribution in [-0.2, 0) is 27.7 Å². The molecule has 2 aromatic rings. The number of piperidine rings is 1. The Labute approximate surface area is 183 Å². The van der Waals surface area contributed by atoms with E-state index >= 15 is 0 Å². The van der Waals surface area contributed by atoms with Gasteiger partial charge in [-0.15, -0.1) is 0 Å². The number of amides is 1. The van der Waals surface area contributed by atoms with Gasteiger partial charge in [-0.1, -0.05) is 18.2 Å². The number of nitrogens with zero attached hydrogens (tertiary/aromatic N) is 1. The molecule has 1 aliphatic heterocycles. The smallest absolute Gasteiger partial charge is 0.243 e. The van der Waals surface area contributed by atoms with Crippen LogP contribution >= 0.6 is 0 Å². The molecule has 0 unspecified atom stereocenters. The first-order chi connectivity index (χ1) is 14.8. The zero-order chi connectivity index (χ0) is 22.0. The van der Waals surface area contributed by atoms with Crippen LogP contribution in [0.3, 0.4) is 0 Å². The molecule has 0 saturated carbocycles. The standard InChI is InChI=1S/C24H29FN2O3S/c1-17(20-7-6-18-4-2-3-5-21(18)16-20)26-24(28)19-12-14-27(15-13-19)31(29,30)23-10-8-22(25)9-11-23/h6-11,16-17,19H,2-5,12-15H2,1H3,(H,26,28)/t17-/m0/s1. The maximum Gasteiger partial charge on any atom is 0.243 e. The van der Waals surface area contributed by atoms with Crippen molar-refractivity contribution in [2.75, 3.05) is 13.1 Å². The number of carbonyl (C=O) groups excluding carboxylic acids is 1. The molecule has 1 atom stereocenters. The Kier molecular flexibility index (Phi) is 6.44. The Bertz CT molecular complexity index is 1040. The van der Waals surface area contributed by atoms with Gasteiger partial charge in [-0.05, 0) is 86.4 Å². The van der Waals surface area contributed by atoms with Crippen molar-refractivity contribution in [3.05, 3.63) is 65.0 Å². The van der Waals surface area contributed by atoms with Gasteiger partial charge >= 0.3 is 0 Å². The summed E-state index contributed by atoms with van der Waals surface area (Å²) in [5, 5.41) is 3.12. The van der Waals surface area contributed by atoms with Crippen LogP contribution in [0.5, 0.6) is 0 Å². The third-order valence-corrected chi connectivity index (χ3v) is 8.42. The third-order valence-electron chi connectivity index (χ3n) is 6.51. The summed E-state index contributed by atoms with van der Waals surface area (Å²) in [4.78, 5) is 12.9. The molecule has 0 aromatic heterocycles. The Hall–Kier alpha value is -2.25. The molecule has 1 aliphatic carbocycles. The summed E-state index contributed by atoms with van der Waals surface area (Å²) < 4.78 is 40.0. The van der Waals surface area contributed by atoms with Crippen LogP contribution in [0.2, 0.25) is 0 Å². The van der Waals surface area contributed by atoms with E-state index in [4.69, 9.17) is 0 Å². The number of fused-ring (bicyclic) bond motifs is 1. The Morgan fingerprint density at radius 2 is 1.68 bits per heavy atom. The lowest BCUT2D eigenvalue weighted by Crippen LogP contribution is -2.43. The first-order valence-electron chi connectivity index (χ1n) is 11.0. The zero-order valence-corrected chi connectivity index (χ0v) is 18.6. The second-order valence-corrected chi connectivity index (χ2v) is 10.5. The largest absolute Gasteiger partial charge is 0.349 e. The van der Waals surface area contributed by atoms with E-state index in [0.717, 1.165) is 30.5 Å². The summed E-state index contributed by atoms with van der Waals surface area (Å²) in [7, 11) is -3.67. The predicted octanol–water partition coefficient (Wildman–Crippen LogP) is 3.98. The second-order valence-electron chi connectivity index (χ2n) is 8.60. The molecule has 166 valence electrons. The summed E-state index contributed by atoms with van der Waals surface area (Å²) in [6.07, 6.45) is 5.65. The highest BCUT2D eigenvalue weighted by molar-refractivity contribution is 7.89. The first-order valence-corrected chi connectivity index (χ1v) is 12.5. The van der Waals surface area contributed by atoms with Crippen LogP contribution in [0.15, 0.2) is 47.4 Å². The first kappa shape index (κ1) is 22.0. The van der Waals surface area contributed by atoms with Gasteiger partial charge in [0.2, 0.25) is 15.9 Å². The fourth-order valence-electron chi connectivity index (χ4n) is 4.55. The zero-order valence-electron chi connectivity index (χ0n) is 17.8. The van der Waals surface area contributed by atoms with Gasteiger partial charge in [0.25, 0.3) is 0 Å². The lowest BCUT2D eigenvalue weighted by molar-refractivity contribution is -0.126. The number of carbonyl (C=O) groups is 1. The number of nitrogens with one attached hydrogen (secondary N) is 1. The van der Waals surface area contributed by atoms with Crippen LogP contribution in [0.1, 0.15) is 55.3 Å². The number of benzene rings is 2. The molecule has 0 spiro atoms. The van der Waals surface area contributed by atoms with E-state index in [0.29, 0.717) is 12.8 Å². The molecule has 0 bridgehead atoms. The third kappa shape index (κ3) is 4.83. The van der Waals surface area contributed by atoms with Gasteiger partial charge in [0.05, 0.1) is 10.9 Å². The average Bonchev–Trinajstić information content (AvgIpc) is 2.79. The highest BCUT2D eigenvalue weighted by atomic mass is 32.2. The molecular weight excluding hydrogens is 415 g/mol. The van der Waals surface area contributed by atoms with Gasteiger partial charge in [-0.25, -0.2) is 12.8 Å². The highest BCUT2D eigenvalue weighted by Crippen LogP contribution is 2.27. The minimum atomic E-state index is -3.67. The second kappa shape index (κ2) is 9.09. The van der Waals surface area contributed by atoms with E-state index in [1.54, 1.807) is 0 Å². The van der Waals surface area contributed by atoms with E-state index in [1.807, 2.05) is 6.92 Å². The molecule has 31 heavy (non-hydrogen) atoms. The number of sulfonamides is 1. The topological polar surface area (TPSA) is 66.5 Å². The van der Waals surface area contributed by atoms with E-state index < -0.39 is 15.8 Å². The fraction of sp³-hybridized carbons (Fsp3) is 0.458. The minimum absolute atomic E-state index is 0.0240. The van der Waals surface area contributed by atoms with E-state index in [9.17, 15) is 17.6 Å². The summed E-state index contributed by atoms with van der Waals surface area (Å²) in [6, 6.07) is 11.3. The van der Waals surface area contributed by atoms with Crippen LogP contribution in [0, 0.1) is 11.7 Å². The van der Waals surface area contributed by atoms with Crippen molar-refractivity contribution in [1.82, 2.24) is 9.62 Å². The van der Waals surface area contributed by atoms with Crippen molar-refractivity contribution in [3.63, 3.8) is 0 Å². The lowest BCUT2D eigenvalue weighted by Gasteiger charge is -2.31. The Morgan fingerprint density at radius 1 is 1.03 bits per heavy atom. The molecule has 2 aromatic carbocycles. The quantitative estimate of drug-likeness (QED) is 0.759. The SMILES string of the molecule is C[C@H](NC(=O)C1CCN(S(=O)(=O)c2ccc(F)cc2)CC1)c1ccc2c(c1)CCCC2. The van der Waals surface area contributed by atoms with Crippen LogP contribution in [0.25, 0.3) is 0 Å². The average molecular weight is 445 g/mol. The monoisotopic (exact) mass is 444 g/mol. The normalized spacial score (nSPS) is 18.9. The van der Waals surface area contributed by atoms with Crippen molar-refractivity contribution in [3.8, 4) is 0 Å². The molecule has 2 aliphatic rings. The summed E-state index contributed by atoms with van der Waals surface area (Å²) in [5.74, 6) is -0.703. The number of hydrogen-bond acceptors (Lipinski definition) is 3. The maximum absolute atomic E-state index is 13.1. The van der Waals surface area contributed by atoms with Gasteiger partial charge in [-0.2, -0.15) is 4.31 Å². The van der Waals surface area contributed by atoms with Gasteiger partial charge < -0.3 is 5.32 Å². The molecule has 7 heteroatoms. The molecule has 1 heterocycles. The number of aryl methyl sites for hydroxylation is 2. The molecular formula is C24H29FN2O3S. The van der Waals surface area contributed by atoms with Crippen LogP contribution < -0.4 is 5.32 Å². The summed E-state index contributed by atoms with van der Waals surface area (Å²) >= 11 is 0. The molecule has 4 rings (SSSR count). The summed E-state index contributed by atoms with van der Waals surface area (Å²) in [5.41, 5.74) is 3.93. The molecule has 5 nitrogen and oxygen atoms in total. The van der Waals surface area contributed by atoms with Gasteiger partial charge in [-0.3, -0.25) is 4.79 Å². The Balaban J connectivity index is 1.34. The fourth-order valence-corrected chi connectivity index (χ4v) is 6.02. The Morgan fingerprint density at radius 3 is 2.35 bits per heavy atom. The predicted molar refractivity (Wildman–Crippen MR) is 118 cm³/mol. The molecule has 1 N–H and O–H groups in total. The van der Waals surface area contributed by atoms with Crippen molar-refractivity contribution < 1.29 is 17.6 Å². The number of hydrogen-bond donors (Lipinski definition) is 1. The van der Waals surface area contributed by atoms with E-state index in [-0.39, 0.29) is 35.9 Å². The van der Waals surface area contributed by atoms with Crippen LogP contribution in [-0.4, -0.2) is 31.7 Å². The van der Waals surface area contributed by atoms with Crippen molar-refractivity contribution >= 4 is 15.9 Å². The highest BCUT2D eigenvalue weighted by Gasteiger charge is 2.32. The molecule has 1 amide bonds. The maximum atomic E-state index is 13.1. The van der Waals surface area contributed by atoms with Crippen molar-refractivity contribution in [2.24, 2.45) is 5.92 Å². The van der Waals surface area contributed by atoms with Gasteiger partial charge in [0, 0.05) is 19.0 Å². The van der Waals surface area contributed by atoms with Gasteiger partial charge in [0.15, 0.2) is 0 Å². The van der Waals surface area contributed by atoms with Crippen molar-refractivity contribution in [2.45, 2.75) is 56.4 Å². The van der Waals surface area contributed by atoms with Gasteiger partial charge in [0.1, 0.15) is 5.82 Å². The lowest BCUT2D eigenvalue weighted by atomic mass is 9.89. The molecule has 1 fully saturated rings. The number of rotatable bonds is 5. The van der Waals surface area contributed by atoms with E-state index in [1.165, 1.54) is 40.4 Å². The molecule has 1 saturated heterocycles. The van der Waals surface area contributed by atoms with Crippen LogP contribution in [0.4, 0.5) is 4.39 Å². The number of halogens is 1. The van der Waals surface area contributed by atoms with E-state index in [2.05, 4.69) is 23.5 Å². The molecule has 0 radical (unpaired) electrons.